The number of para-hydroxylation sites is 1. The minimum Gasteiger partial charge on any atom is -0.492 e. The van der Waals surface area contributed by atoms with E-state index in [4.69, 9.17) is 4.74 Å². The molecule has 7 nitrogen and oxygen atoms in total. The number of benzene rings is 1. The molecule has 2 atom stereocenters. The van der Waals surface area contributed by atoms with Crippen LogP contribution < -0.4 is 10.1 Å². The van der Waals surface area contributed by atoms with Gasteiger partial charge in [-0.1, -0.05) is 18.2 Å². The van der Waals surface area contributed by atoms with Crippen LogP contribution in [0.4, 0.5) is 5.82 Å². The van der Waals surface area contributed by atoms with Crippen LogP contribution in [0.5, 0.6) is 5.75 Å². The lowest BCUT2D eigenvalue weighted by Gasteiger charge is -2.58. The summed E-state index contributed by atoms with van der Waals surface area (Å²) >= 11 is 0. The molecule has 0 spiro atoms. The molecular weight excluding hydrogens is 452 g/mol. The molecule has 8 rings (SSSR count). The third kappa shape index (κ3) is 3.87. The largest absolute Gasteiger partial charge is 0.492 e. The topological polar surface area (TPSA) is 87.6 Å². The second-order valence-corrected chi connectivity index (χ2v) is 12.2. The number of fused-ring (bicyclic) bond motifs is 2. The number of carbonyl (C=O) groups excluding carboxylic acids is 1. The Labute approximate surface area is 212 Å². The van der Waals surface area contributed by atoms with Gasteiger partial charge in [-0.15, -0.1) is 0 Å². The molecule has 1 aromatic carbocycles. The predicted octanol–water partition coefficient (Wildman–Crippen LogP) is 3.60. The number of ether oxygens (including phenoxy) is 1. The van der Waals surface area contributed by atoms with Gasteiger partial charge >= 0.3 is 0 Å². The molecule has 190 valence electrons. The number of carbonyl (C=O) groups is 1. The first-order valence-electron chi connectivity index (χ1n) is 13.8. The maximum atomic E-state index is 13.3. The lowest BCUT2D eigenvalue weighted by molar-refractivity contribution is -0.138. The summed E-state index contributed by atoms with van der Waals surface area (Å²) in [5.41, 5.74) is 3.20. The highest BCUT2D eigenvalue weighted by molar-refractivity contribution is 5.80. The number of rotatable bonds is 5. The Hall–Kier alpha value is -2.67. The molecule has 7 heteroatoms. The van der Waals surface area contributed by atoms with E-state index in [0.717, 1.165) is 59.0 Å². The fourth-order valence-electron chi connectivity index (χ4n) is 8.44. The van der Waals surface area contributed by atoms with E-state index >= 15 is 0 Å². The van der Waals surface area contributed by atoms with Gasteiger partial charge in [-0.2, -0.15) is 0 Å². The van der Waals surface area contributed by atoms with Gasteiger partial charge in [0.1, 0.15) is 24.5 Å². The molecule has 4 aliphatic carbocycles. The van der Waals surface area contributed by atoms with Crippen LogP contribution in [0.3, 0.4) is 0 Å². The lowest BCUT2D eigenvalue weighted by Crippen LogP contribution is -2.53. The third-order valence-electron chi connectivity index (χ3n) is 9.80. The van der Waals surface area contributed by atoms with Crippen LogP contribution in [0.1, 0.15) is 55.3 Å². The van der Waals surface area contributed by atoms with Gasteiger partial charge in [0, 0.05) is 18.7 Å². The first-order chi connectivity index (χ1) is 17.6. The minimum atomic E-state index is -0.340. The normalized spacial score (nSPS) is 32.9. The molecule has 2 N–H and O–H groups in total. The van der Waals surface area contributed by atoms with Gasteiger partial charge in [0.25, 0.3) is 0 Å². The molecule has 4 fully saturated rings. The Bertz CT molecular complexity index is 1130. The van der Waals surface area contributed by atoms with Crippen molar-refractivity contribution in [2.24, 2.45) is 29.1 Å². The van der Waals surface area contributed by atoms with Gasteiger partial charge in [0.05, 0.1) is 24.3 Å². The number of nitrogens with zero attached hydrogens (tertiary/aromatic N) is 3. The number of hydrogen-bond acceptors (Lipinski definition) is 6. The maximum absolute atomic E-state index is 13.3. The summed E-state index contributed by atoms with van der Waals surface area (Å²) in [7, 11) is 0. The Kier molecular flexibility index (Phi) is 5.45. The van der Waals surface area contributed by atoms with E-state index in [9.17, 15) is 9.90 Å². The second-order valence-electron chi connectivity index (χ2n) is 12.2. The van der Waals surface area contributed by atoms with E-state index in [1.165, 1.54) is 38.5 Å². The van der Waals surface area contributed by atoms with Crippen molar-refractivity contribution in [2.45, 2.75) is 64.0 Å². The predicted molar refractivity (Wildman–Crippen MR) is 135 cm³/mol. The van der Waals surface area contributed by atoms with Gasteiger partial charge in [-0.3, -0.25) is 4.79 Å². The highest BCUT2D eigenvalue weighted by Gasteiger charge is 2.53. The summed E-state index contributed by atoms with van der Waals surface area (Å²) < 4.78 is 5.87. The number of anilines is 1. The molecule has 2 unspecified atom stereocenters. The number of hydrogen-bond donors (Lipinski definition) is 2. The molecule has 0 saturated heterocycles. The van der Waals surface area contributed by atoms with E-state index in [1.807, 2.05) is 29.2 Å². The van der Waals surface area contributed by atoms with Crippen molar-refractivity contribution in [1.82, 2.24) is 14.9 Å². The fraction of sp³-hybridized carbons (Fsp3) is 0.621. The number of amides is 1. The van der Waals surface area contributed by atoms with Gasteiger partial charge < -0.3 is 20.1 Å². The average molecular weight is 489 g/mol. The zero-order valence-corrected chi connectivity index (χ0v) is 20.9. The summed E-state index contributed by atoms with van der Waals surface area (Å²) in [6.45, 7) is 2.12. The van der Waals surface area contributed by atoms with Crippen molar-refractivity contribution >= 4 is 11.7 Å². The molecule has 6 aliphatic rings. The fourth-order valence-corrected chi connectivity index (χ4v) is 8.44. The lowest BCUT2D eigenvalue weighted by atomic mass is 9.48. The van der Waals surface area contributed by atoms with Crippen LogP contribution in [0.15, 0.2) is 30.6 Å². The smallest absolute Gasteiger partial charge is 0.229 e. The molecule has 2 aliphatic heterocycles. The molecule has 2 aromatic rings. The van der Waals surface area contributed by atoms with Crippen molar-refractivity contribution in [2.75, 3.05) is 25.0 Å². The average Bonchev–Trinajstić information content (AvgIpc) is 2.90. The van der Waals surface area contributed by atoms with Crippen LogP contribution in [0, 0.1) is 29.1 Å². The maximum Gasteiger partial charge on any atom is 0.229 e. The molecule has 3 heterocycles. The summed E-state index contributed by atoms with van der Waals surface area (Å²) in [4.78, 5) is 24.3. The van der Waals surface area contributed by atoms with Crippen molar-refractivity contribution in [1.29, 1.82) is 0 Å². The monoisotopic (exact) mass is 488 g/mol. The molecule has 4 saturated carbocycles. The van der Waals surface area contributed by atoms with E-state index in [1.54, 1.807) is 6.33 Å². The van der Waals surface area contributed by atoms with Gasteiger partial charge in [0.15, 0.2) is 0 Å². The number of nitrogens with one attached hydrogen (secondary N) is 1. The third-order valence-corrected chi connectivity index (χ3v) is 9.80. The standard InChI is InChI=1S/C29H36N4O3/c34-26(29-11-18-7-19(12-29)9-20(8-18)13-29)14-30-27-23-5-6-33(15-24(23)31-17-32-27)28(35)22-10-21-3-1-2-4-25(21)36-16-22/h1-4,17-20,22,26,34H,5-16H2,(H,30,31,32). The molecule has 36 heavy (non-hydrogen) atoms. The van der Waals surface area contributed by atoms with Crippen LogP contribution in [-0.2, 0) is 24.2 Å². The molecule has 4 bridgehead atoms. The number of aromatic nitrogens is 2. The summed E-state index contributed by atoms with van der Waals surface area (Å²) in [5.74, 6) is 4.17. The van der Waals surface area contributed by atoms with Crippen LogP contribution in [-0.4, -0.2) is 51.7 Å². The van der Waals surface area contributed by atoms with Gasteiger partial charge in [-0.05, 0) is 86.2 Å². The highest BCUT2D eigenvalue weighted by atomic mass is 16.5. The minimum absolute atomic E-state index is 0.0960. The van der Waals surface area contributed by atoms with Crippen LogP contribution >= 0.6 is 0 Å². The van der Waals surface area contributed by atoms with E-state index in [-0.39, 0.29) is 23.3 Å². The Balaban J connectivity index is 1.01. The van der Waals surface area contributed by atoms with Crippen molar-refractivity contribution in [3.63, 3.8) is 0 Å². The Morgan fingerprint density at radius 2 is 1.89 bits per heavy atom. The summed E-state index contributed by atoms with van der Waals surface area (Å²) in [6.07, 6.45) is 10.4. The Morgan fingerprint density at radius 1 is 1.14 bits per heavy atom. The van der Waals surface area contributed by atoms with Crippen LogP contribution in [0.2, 0.25) is 0 Å². The molecule has 1 aromatic heterocycles. The van der Waals surface area contributed by atoms with E-state index < -0.39 is 0 Å². The Morgan fingerprint density at radius 3 is 2.67 bits per heavy atom. The summed E-state index contributed by atoms with van der Waals surface area (Å²) in [5, 5.41) is 14.8. The quantitative estimate of drug-likeness (QED) is 0.669. The number of aliphatic hydroxyl groups excluding tert-OH is 1. The second kappa shape index (κ2) is 8.72. The SMILES string of the molecule is O=C(C1COc2ccccc2C1)N1CCc2c(ncnc2NCC(O)C23CC4CC(CC(C4)C2)C3)C1. The van der Waals surface area contributed by atoms with Crippen LogP contribution in [0.25, 0.3) is 0 Å². The number of aliphatic hydroxyl groups is 1. The van der Waals surface area contributed by atoms with Crippen molar-refractivity contribution in [3.8, 4) is 5.75 Å². The van der Waals surface area contributed by atoms with E-state index in [2.05, 4.69) is 15.3 Å². The summed E-state index contributed by atoms with van der Waals surface area (Å²) in [6, 6.07) is 7.98. The van der Waals surface area contributed by atoms with Gasteiger partial charge in [-0.25, -0.2) is 9.97 Å². The first-order valence-corrected chi connectivity index (χ1v) is 13.8. The highest BCUT2D eigenvalue weighted by Crippen LogP contribution is 2.61. The van der Waals surface area contributed by atoms with E-state index in [0.29, 0.717) is 26.2 Å². The van der Waals surface area contributed by atoms with Crippen molar-refractivity contribution < 1.29 is 14.6 Å². The zero-order valence-electron chi connectivity index (χ0n) is 20.9. The molecular formula is C29H36N4O3. The zero-order chi connectivity index (χ0) is 24.3. The molecule has 1 amide bonds. The van der Waals surface area contributed by atoms with Crippen molar-refractivity contribution in [3.05, 3.63) is 47.4 Å². The first kappa shape index (κ1) is 22.5. The van der Waals surface area contributed by atoms with Gasteiger partial charge in [0.2, 0.25) is 5.91 Å². The molecule has 0 radical (unpaired) electrons.